The highest BCUT2D eigenvalue weighted by Gasteiger charge is 2.44. The van der Waals surface area contributed by atoms with Crippen LogP contribution in [0.5, 0.6) is 0 Å². The number of halogens is 1. The number of nitro groups is 1. The number of benzene rings is 1. The Labute approximate surface area is 108 Å². The summed E-state index contributed by atoms with van der Waals surface area (Å²) in [5.74, 6) is -1.13. The molecule has 0 aromatic heterocycles. The summed E-state index contributed by atoms with van der Waals surface area (Å²) in [5, 5.41) is 13.2. The number of hydrogen-bond acceptors (Lipinski definition) is 4. The first-order valence-electron chi connectivity index (χ1n) is 5.86. The van der Waals surface area contributed by atoms with Crippen molar-refractivity contribution in [2.45, 2.75) is 25.3 Å². The van der Waals surface area contributed by atoms with E-state index in [1.165, 1.54) is 0 Å². The van der Waals surface area contributed by atoms with Gasteiger partial charge < -0.3 is 11.1 Å². The van der Waals surface area contributed by atoms with Gasteiger partial charge in [-0.2, -0.15) is 0 Å². The number of rotatable bonds is 4. The molecule has 1 aromatic rings. The fourth-order valence-electron chi connectivity index (χ4n) is 1.89. The number of anilines is 1. The van der Waals surface area contributed by atoms with E-state index >= 15 is 0 Å². The van der Waals surface area contributed by atoms with E-state index in [-0.39, 0.29) is 17.3 Å². The molecular weight excluding hydrogens is 253 g/mol. The summed E-state index contributed by atoms with van der Waals surface area (Å²) < 4.78 is 13.1. The molecule has 0 radical (unpaired) electrons. The minimum atomic E-state index is -1.10. The quantitative estimate of drug-likeness (QED) is 0.641. The summed E-state index contributed by atoms with van der Waals surface area (Å²) in [5.41, 5.74) is 4.27. The first-order valence-corrected chi connectivity index (χ1v) is 5.86. The lowest BCUT2D eigenvalue weighted by Gasteiger charge is -2.23. The average molecular weight is 267 g/mol. The Kier molecular flexibility index (Phi) is 3.23. The molecule has 1 atom stereocenters. The monoisotopic (exact) mass is 267 g/mol. The Balaban J connectivity index is 2.25. The van der Waals surface area contributed by atoms with Crippen LogP contribution in [0.25, 0.3) is 0 Å². The molecule has 1 aliphatic carbocycles. The minimum absolute atomic E-state index is 0.0696. The summed E-state index contributed by atoms with van der Waals surface area (Å²) in [7, 11) is 0. The largest absolute Gasteiger partial charge is 0.319 e. The highest BCUT2D eigenvalue weighted by molar-refractivity contribution is 5.99. The van der Waals surface area contributed by atoms with Crippen LogP contribution in [0, 0.1) is 21.8 Å². The number of nitrogens with two attached hydrogens (primary N) is 1. The van der Waals surface area contributed by atoms with Crippen molar-refractivity contribution < 1.29 is 14.1 Å². The molecule has 1 amide bonds. The zero-order valence-electron chi connectivity index (χ0n) is 10.4. The summed E-state index contributed by atoms with van der Waals surface area (Å²) in [6.45, 7) is 1.57. The lowest BCUT2D eigenvalue weighted by Crippen LogP contribution is -2.50. The highest BCUT2D eigenvalue weighted by Crippen LogP contribution is 2.39. The van der Waals surface area contributed by atoms with E-state index in [2.05, 4.69) is 5.32 Å². The summed E-state index contributed by atoms with van der Waals surface area (Å²) >= 11 is 0. The zero-order valence-corrected chi connectivity index (χ0v) is 10.4. The molecule has 6 nitrogen and oxygen atoms in total. The third-order valence-electron chi connectivity index (χ3n) is 3.32. The van der Waals surface area contributed by atoms with E-state index in [0.717, 1.165) is 31.0 Å². The van der Waals surface area contributed by atoms with Crippen LogP contribution in [-0.2, 0) is 4.79 Å². The molecular formula is C12H14FN3O3. The normalized spacial score (nSPS) is 17.6. The molecule has 3 N–H and O–H groups in total. The maximum atomic E-state index is 13.1. The molecule has 1 unspecified atom stereocenters. The standard InChI is InChI=1S/C12H14FN3O3/c1-12(14,7-2-3-7)11(17)15-9-6-8(13)4-5-10(9)16(18)19/h4-7H,2-3,14H2,1H3,(H,15,17). The first kappa shape index (κ1) is 13.4. The van der Waals surface area contributed by atoms with Crippen molar-refractivity contribution in [3.05, 3.63) is 34.1 Å². The molecule has 0 spiro atoms. The average Bonchev–Trinajstić information content (AvgIpc) is 3.12. The SMILES string of the molecule is CC(N)(C(=O)Nc1cc(F)ccc1[N+](=O)[O-])C1CC1. The van der Waals surface area contributed by atoms with Crippen LogP contribution in [0.1, 0.15) is 19.8 Å². The third-order valence-corrected chi connectivity index (χ3v) is 3.32. The van der Waals surface area contributed by atoms with Crippen LogP contribution in [0.3, 0.4) is 0 Å². The number of carbonyl (C=O) groups excluding carboxylic acids is 1. The fraction of sp³-hybridized carbons (Fsp3) is 0.417. The Morgan fingerprint density at radius 2 is 2.21 bits per heavy atom. The molecule has 1 fully saturated rings. The van der Waals surface area contributed by atoms with Crippen molar-refractivity contribution in [2.75, 3.05) is 5.32 Å². The fourth-order valence-corrected chi connectivity index (χ4v) is 1.89. The molecule has 1 saturated carbocycles. The van der Waals surface area contributed by atoms with Gasteiger partial charge in [-0.15, -0.1) is 0 Å². The number of hydrogen-bond donors (Lipinski definition) is 2. The highest BCUT2D eigenvalue weighted by atomic mass is 19.1. The number of amides is 1. The number of carbonyl (C=O) groups is 1. The van der Waals surface area contributed by atoms with Gasteiger partial charge in [0.2, 0.25) is 5.91 Å². The van der Waals surface area contributed by atoms with Crippen LogP contribution in [0.15, 0.2) is 18.2 Å². The van der Waals surface area contributed by atoms with Gasteiger partial charge in [0.25, 0.3) is 5.69 Å². The van der Waals surface area contributed by atoms with Crippen molar-refractivity contribution in [3.8, 4) is 0 Å². The maximum absolute atomic E-state index is 13.1. The predicted octanol–water partition coefficient (Wildman–Crippen LogP) is 1.80. The van der Waals surface area contributed by atoms with Crippen LogP contribution in [0.2, 0.25) is 0 Å². The molecule has 0 aliphatic heterocycles. The van der Waals surface area contributed by atoms with Crippen LogP contribution >= 0.6 is 0 Å². The smallest absolute Gasteiger partial charge is 0.292 e. The second-order valence-corrected chi connectivity index (χ2v) is 4.93. The number of nitrogens with one attached hydrogen (secondary N) is 1. The van der Waals surface area contributed by atoms with Gasteiger partial charge in [0, 0.05) is 12.1 Å². The van der Waals surface area contributed by atoms with Crippen molar-refractivity contribution >= 4 is 17.3 Å². The van der Waals surface area contributed by atoms with Gasteiger partial charge in [0.05, 0.1) is 10.5 Å². The Bertz CT molecular complexity index is 541. The second-order valence-electron chi connectivity index (χ2n) is 4.93. The predicted molar refractivity (Wildman–Crippen MR) is 67.0 cm³/mol. The molecule has 0 bridgehead atoms. The van der Waals surface area contributed by atoms with Crippen molar-refractivity contribution in [1.29, 1.82) is 0 Å². The molecule has 0 saturated heterocycles. The molecule has 1 aromatic carbocycles. The van der Waals surface area contributed by atoms with E-state index in [0.29, 0.717) is 0 Å². The van der Waals surface area contributed by atoms with E-state index in [1.807, 2.05) is 0 Å². The van der Waals surface area contributed by atoms with Gasteiger partial charge in [0.1, 0.15) is 11.5 Å². The second kappa shape index (κ2) is 4.58. The van der Waals surface area contributed by atoms with Gasteiger partial charge in [0.15, 0.2) is 0 Å². The minimum Gasteiger partial charge on any atom is -0.319 e. The first-order chi connectivity index (χ1) is 8.82. The Morgan fingerprint density at radius 3 is 2.74 bits per heavy atom. The Morgan fingerprint density at radius 1 is 1.58 bits per heavy atom. The third kappa shape index (κ3) is 2.70. The van der Waals surface area contributed by atoms with E-state index < -0.39 is 22.2 Å². The van der Waals surface area contributed by atoms with Gasteiger partial charge in [-0.1, -0.05) is 0 Å². The zero-order chi connectivity index (χ0) is 14.2. The van der Waals surface area contributed by atoms with Crippen LogP contribution in [0.4, 0.5) is 15.8 Å². The topological polar surface area (TPSA) is 98.3 Å². The lowest BCUT2D eigenvalue weighted by molar-refractivity contribution is -0.384. The van der Waals surface area contributed by atoms with E-state index in [4.69, 9.17) is 5.73 Å². The molecule has 7 heteroatoms. The van der Waals surface area contributed by atoms with Crippen molar-refractivity contribution in [3.63, 3.8) is 0 Å². The van der Waals surface area contributed by atoms with E-state index in [1.54, 1.807) is 6.92 Å². The van der Waals surface area contributed by atoms with Crippen molar-refractivity contribution in [2.24, 2.45) is 11.7 Å². The van der Waals surface area contributed by atoms with Gasteiger partial charge in [-0.05, 0) is 31.7 Å². The van der Waals surface area contributed by atoms with Crippen LogP contribution in [-0.4, -0.2) is 16.4 Å². The summed E-state index contributed by atoms with van der Waals surface area (Å²) in [6, 6.07) is 2.89. The number of nitrogens with zero attached hydrogens (tertiary/aromatic N) is 1. The molecule has 0 heterocycles. The summed E-state index contributed by atoms with van der Waals surface area (Å²) in [4.78, 5) is 22.2. The summed E-state index contributed by atoms with van der Waals surface area (Å²) in [6.07, 6.45) is 1.71. The van der Waals surface area contributed by atoms with Crippen molar-refractivity contribution in [1.82, 2.24) is 0 Å². The molecule has 102 valence electrons. The van der Waals surface area contributed by atoms with E-state index in [9.17, 15) is 19.3 Å². The van der Waals surface area contributed by atoms with Gasteiger partial charge in [-0.25, -0.2) is 4.39 Å². The molecule has 19 heavy (non-hydrogen) atoms. The molecule has 2 rings (SSSR count). The van der Waals surface area contributed by atoms with Gasteiger partial charge in [-0.3, -0.25) is 14.9 Å². The lowest BCUT2D eigenvalue weighted by atomic mass is 9.96. The maximum Gasteiger partial charge on any atom is 0.292 e. The Hall–Kier alpha value is -2.02. The van der Waals surface area contributed by atoms with Crippen LogP contribution < -0.4 is 11.1 Å². The number of nitro benzene ring substituents is 1. The molecule has 1 aliphatic rings. The van der Waals surface area contributed by atoms with Gasteiger partial charge >= 0.3 is 0 Å².